The molecule has 1 aromatic rings. The normalized spacial score (nSPS) is 29.0. The van der Waals surface area contributed by atoms with Crippen molar-refractivity contribution in [2.45, 2.75) is 53.9 Å². The highest BCUT2D eigenvalue weighted by atomic mass is 16.5. The minimum absolute atomic E-state index is 0.00932. The highest BCUT2D eigenvalue weighted by Gasteiger charge is 2.59. The topological polar surface area (TPSA) is 50.7 Å². The summed E-state index contributed by atoms with van der Waals surface area (Å²) in [6.07, 6.45) is 3.44. The van der Waals surface area contributed by atoms with E-state index in [4.69, 9.17) is 4.74 Å². The first kappa shape index (κ1) is 17.0. The summed E-state index contributed by atoms with van der Waals surface area (Å²) in [6.45, 7) is 10.9. The summed E-state index contributed by atoms with van der Waals surface area (Å²) in [7, 11) is 0. The lowest BCUT2D eigenvalue weighted by Crippen LogP contribution is -2.35. The molecule has 2 aliphatic carbocycles. The zero-order valence-electron chi connectivity index (χ0n) is 15.4. The average molecular weight is 328 g/mol. The van der Waals surface area contributed by atoms with Crippen LogP contribution in [0.5, 0.6) is 5.75 Å². The van der Waals surface area contributed by atoms with Crippen molar-refractivity contribution in [3.8, 4) is 5.75 Å². The third-order valence-electron chi connectivity index (χ3n) is 6.53. The van der Waals surface area contributed by atoms with Crippen LogP contribution in [-0.4, -0.2) is 18.2 Å². The third kappa shape index (κ3) is 2.72. The highest BCUT2D eigenvalue weighted by Crippen LogP contribution is 2.63. The van der Waals surface area contributed by atoms with E-state index in [2.05, 4.69) is 31.3 Å². The number of fused-ring (bicyclic) bond motifs is 2. The Morgan fingerprint density at radius 3 is 2.71 bits per heavy atom. The lowest BCUT2D eigenvalue weighted by molar-refractivity contribution is -0.123. The van der Waals surface area contributed by atoms with Crippen LogP contribution < -0.4 is 10.2 Å². The second kappa shape index (κ2) is 5.91. The maximum absolute atomic E-state index is 12.1. The SMILES string of the molecule is Cc1ccc(C)c(OCC(=O)N/N=C2/CC3CCC2(C)C3(C)C)c1. The van der Waals surface area contributed by atoms with Gasteiger partial charge in [-0.1, -0.05) is 32.9 Å². The molecule has 2 aliphatic rings. The van der Waals surface area contributed by atoms with Gasteiger partial charge in [0.15, 0.2) is 6.61 Å². The van der Waals surface area contributed by atoms with Gasteiger partial charge in [0.25, 0.3) is 5.91 Å². The summed E-state index contributed by atoms with van der Waals surface area (Å²) >= 11 is 0. The molecule has 4 heteroatoms. The molecule has 3 rings (SSSR count). The molecule has 1 aromatic carbocycles. The van der Waals surface area contributed by atoms with E-state index in [1.54, 1.807) is 0 Å². The highest BCUT2D eigenvalue weighted by molar-refractivity contribution is 5.95. The van der Waals surface area contributed by atoms with E-state index in [9.17, 15) is 4.79 Å². The second-order valence-electron chi connectivity index (χ2n) is 8.14. The third-order valence-corrected chi connectivity index (χ3v) is 6.53. The van der Waals surface area contributed by atoms with Crippen molar-refractivity contribution in [3.05, 3.63) is 29.3 Å². The van der Waals surface area contributed by atoms with E-state index < -0.39 is 0 Å². The van der Waals surface area contributed by atoms with Gasteiger partial charge in [-0.25, -0.2) is 5.43 Å². The molecule has 1 N–H and O–H groups in total. The lowest BCUT2D eigenvalue weighted by Gasteiger charge is -2.34. The first-order valence-electron chi connectivity index (χ1n) is 8.80. The number of hydrazone groups is 1. The van der Waals surface area contributed by atoms with Crippen molar-refractivity contribution in [1.29, 1.82) is 0 Å². The molecular formula is C20H28N2O2. The number of hydrogen-bond donors (Lipinski definition) is 1. The van der Waals surface area contributed by atoms with Crippen LogP contribution in [0.3, 0.4) is 0 Å². The maximum Gasteiger partial charge on any atom is 0.277 e. The van der Waals surface area contributed by atoms with Gasteiger partial charge in [-0.15, -0.1) is 0 Å². The van der Waals surface area contributed by atoms with Gasteiger partial charge in [0.05, 0.1) is 0 Å². The molecule has 0 radical (unpaired) electrons. The van der Waals surface area contributed by atoms with Crippen molar-refractivity contribution in [3.63, 3.8) is 0 Å². The smallest absolute Gasteiger partial charge is 0.277 e. The zero-order chi connectivity index (χ0) is 17.5. The molecule has 2 atom stereocenters. The lowest BCUT2D eigenvalue weighted by atomic mass is 9.70. The quantitative estimate of drug-likeness (QED) is 0.849. The summed E-state index contributed by atoms with van der Waals surface area (Å²) < 4.78 is 5.64. The monoisotopic (exact) mass is 328 g/mol. The Kier molecular flexibility index (Phi) is 4.18. The van der Waals surface area contributed by atoms with Gasteiger partial charge in [0.2, 0.25) is 0 Å². The molecule has 0 spiro atoms. The predicted octanol–water partition coefficient (Wildman–Crippen LogP) is 4.00. The van der Waals surface area contributed by atoms with Gasteiger partial charge in [0, 0.05) is 11.1 Å². The summed E-state index contributed by atoms with van der Waals surface area (Å²) in [5, 5.41) is 4.46. The Balaban J connectivity index is 1.60. The van der Waals surface area contributed by atoms with E-state index in [-0.39, 0.29) is 23.3 Å². The fourth-order valence-electron chi connectivity index (χ4n) is 4.27. The van der Waals surface area contributed by atoms with Gasteiger partial charge in [-0.3, -0.25) is 4.79 Å². The largest absolute Gasteiger partial charge is 0.483 e. The van der Waals surface area contributed by atoms with Crippen LogP contribution in [0.25, 0.3) is 0 Å². The molecule has 130 valence electrons. The molecule has 2 fully saturated rings. The van der Waals surface area contributed by atoms with Crippen LogP contribution >= 0.6 is 0 Å². The van der Waals surface area contributed by atoms with Gasteiger partial charge in [0.1, 0.15) is 5.75 Å². The van der Waals surface area contributed by atoms with Gasteiger partial charge >= 0.3 is 0 Å². The number of amides is 1. The summed E-state index contributed by atoms with van der Waals surface area (Å²) in [5.41, 5.74) is 6.37. The fraction of sp³-hybridized carbons (Fsp3) is 0.600. The van der Waals surface area contributed by atoms with Crippen LogP contribution in [0.2, 0.25) is 0 Å². The van der Waals surface area contributed by atoms with Gasteiger partial charge in [-0.2, -0.15) is 5.10 Å². The number of rotatable bonds is 4. The van der Waals surface area contributed by atoms with Crippen molar-refractivity contribution >= 4 is 11.6 Å². The number of carbonyl (C=O) groups excluding carboxylic acids is 1. The Morgan fingerprint density at radius 1 is 1.33 bits per heavy atom. The summed E-state index contributed by atoms with van der Waals surface area (Å²) in [5.74, 6) is 1.24. The number of aryl methyl sites for hydroxylation is 2. The minimum Gasteiger partial charge on any atom is -0.483 e. The number of benzene rings is 1. The molecule has 24 heavy (non-hydrogen) atoms. The van der Waals surface area contributed by atoms with Crippen molar-refractivity contribution in [2.24, 2.45) is 21.8 Å². The van der Waals surface area contributed by atoms with Crippen LogP contribution in [0, 0.1) is 30.6 Å². The Bertz CT molecular complexity index is 693. The number of ether oxygens (including phenoxy) is 1. The maximum atomic E-state index is 12.1. The summed E-state index contributed by atoms with van der Waals surface area (Å²) in [4.78, 5) is 12.1. The molecule has 4 nitrogen and oxygen atoms in total. The molecule has 0 aliphatic heterocycles. The van der Waals surface area contributed by atoms with E-state index in [1.165, 1.54) is 12.8 Å². The van der Waals surface area contributed by atoms with E-state index >= 15 is 0 Å². The van der Waals surface area contributed by atoms with Crippen LogP contribution in [0.4, 0.5) is 0 Å². The zero-order valence-corrected chi connectivity index (χ0v) is 15.4. The Hall–Kier alpha value is -1.84. The Labute approximate surface area is 144 Å². The number of carbonyl (C=O) groups is 1. The predicted molar refractivity (Wildman–Crippen MR) is 96.2 cm³/mol. The van der Waals surface area contributed by atoms with Crippen molar-refractivity contribution < 1.29 is 9.53 Å². The van der Waals surface area contributed by atoms with Crippen LogP contribution in [-0.2, 0) is 4.79 Å². The second-order valence-corrected chi connectivity index (χ2v) is 8.14. The fourth-order valence-corrected chi connectivity index (χ4v) is 4.27. The molecule has 0 aromatic heterocycles. The number of nitrogens with one attached hydrogen (secondary N) is 1. The van der Waals surface area contributed by atoms with E-state index in [0.717, 1.165) is 29.0 Å². The molecule has 2 unspecified atom stereocenters. The van der Waals surface area contributed by atoms with Crippen molar-refractivity contribution in [1.82, 2.24) is 5.43 Å². The molecule has 0 saturated heterocycles. The Morgan fingerprint density at radius 2 is 2.08 bits per heavy atom. The molecule has 2 bridgehead atoms. The van der Waals surface area contributed by atoms with Gasteiger partial charge in [-0.05, 0) is 61.6 Å². The van der Waals surface area contributed by atoms with Gasteiger partial charge < -0.3 is 4.74 Å². The minimum atomic E-state index is -0.201. The molecule has 1 amide bonds. The van der Waals surface area contributed by atoms with Crippen LogP contribution in [0.15, 0.2) is 23.3 Å². The molecule has 0 heterocycles. The molecular weight excluding hydrogens is 300 g/mol. The average Bonchev–Trinajstić information content (AvgIpc) is 2.86. The summed E-state index contributed by atoms with van der Waals surface area (Å²) in [6, 6.07) is 5.99. The van der Waals surface area contributed by atoms with E-state index in [1.807, 2.05) is 32.0 Å². The first-order chi connectivity index (χ1) is 11.2. The number of nitrogens with zero attached hydrogens (tertiary/aromatic N) is 1. The first-order valence-corrected chi connectivity index (χ1v) is 8.80. The molecule has 2 saturated carbocycles. The van der Waals surface area contributed by atoms with Crippen LogP contribution in [0.1, 0.15) is 51.2 Å². The van der Waals surface area contributed by atoms with E-state index in [0.29, 0.717) is 5.92 Å². The van der Waals surface area contributed by atoms with Crippen molar-refractivity contribution in [2.75, 3.05) is 6.61 Å². The number of hydrogen-bond acceptors (Lipinski definition) is 3. The standard InChI is InChI=1S/C20H28N2O2/c1-13-6-7-14(2)16(10-13)24-12-18(23)22-21-17-11-15-8-9-20(17,5)19(15,3)4/h6-7,10,15H,8-9,11-12H2,1-5H3,(H,22,23)/b21-17-.